The molecular formula is C9H16N4. The van der Waals surface area contributed by atoms with E-state index in [1.54, 1.807) is 0 Å². The number of aromatic nitrogens is 2. The largest absolute Gasteiger partial charge is 0.373 e. The molecule has 4 heteroatoms. The van der Waals surface area contributed by atoms with Gasteiger partial charge in [0.25, 0.3) is 0 Å². The summed E-state index contributed by atoms with van der Waals surface area (Å²) in [5.41, 5.74) is 0. The first-order valence-corrected chi connectivity index (χ1v) is 4.42. The van der Waals surface area contributed by atoms with Crippen LogP contribution in [0, 0.1) is 6.92 Å². The topological polar surface area (TPSA) is 49.8 Å². The number of aryl methyl sites for hydroxylation is 1. The first-order valence-electron chi connectivity index (χ1n) is 4.42. The second-order valence-corrected chi connectivity index (χ2v) is 3.23. The molecule has 0 aliphatic heterocycles. The fraction of sp³-hybridized carbons (Fsp3) is 0.556. The van der Waals surface area contributed by atoms with Crippen LogP contribution in [0.5, 0.6) is 0 Å². The molecule has 1 aromatic heterocycles. The molecule has 0 amide bonds. The molecule has 0 radical (unpaired) electrons. The molecule has 0 bridgehead atoms. The predicted molar refractivity (Wildman–Crippen MR) is 55.1 cm³/mol. The van der Waals surface area contributed by atoms with Gasteiger partial charge in [0.05, 0.1) is 0 Å². The monoisotopic (exact) mass is 180 g/mol. The van der Waals surface area contributed by atoms with Gasteiger partial charge in [-0.25, -0.2) is 9.97 Å². The summed E-state index contributed by atoms with van der Waals surface area (Å²) in [5, 5.41) is 6.22. The van der Waals surface area contributed by atoms with Gasteiger partial charge in [-0.15, -0.1) is 0 Å². The van der Waals surface area contributed by atoms with Crippen molar-refractivity contribution in [3.63, 3.8) is 0 Å². The number of hydrogen-bond donors (Lipinski definition) is 2. The lowest BCUT2D eigenvalue weighted by molar-refractivity contribution is 0.881. The second-order valence-electron chi connectivity index (χ2n) is 3.23. The maximum atomic E-state index is 4.26. The molecule has 0 aliphatic carbocycles. The van der Waals surface area contributed by atoms with E-state index in [0.717, 1.165) is 17.5 Å². The zero-order valence-corrected chi connectivity index (χ0v) is 8.55. The van der Waals surface area contributed by atoms with E-state index in [1.807, 2.05) is 20.0 Å². The van der Waals surface area contributed by atoms with Crippen LogP contribution >= 0.6 is 0 Å². The highest BCUT2D eigenvalue weighted by molar-refractivity contribution is 5.47. The highest BCUT2D eigenvalue weighted by atomic mass is 15.1. The summed E-state index contributed by atoms with van der Waals surface area (Å²) in [6.07, 6.45) is 0. The Labute approximate surface area is 78.8 Å². The normalized spacial score (nSPS) is 10.2. The highest BCUT2D eigenvalue weighted by Crippen LogP contribution is 2.10. The number of nitrogens with one attached hydrogen (secondary N) is 2. The van der Waals surface area contributed by atoms with Crippen molar-refractivity contribution < 1.29 is 0 Å². The zero-order chi connectivity index (χ0) is 9.84. The van der Waals surface area contributed by atoms with E-state index in [1.165, 1.54) is 0 Å². The standard InChI is InChI=1S/C9H16N4/c1-6(2)11-9-5-8(10-4)12-7(3)13-9/h5-6H,1-4H3,(H2,10,11,12,13). The average molecular weight is 180 g/mol. The van der Waals surface area contributed by atoms with Crippen molar-refractivity contribution in [2.24, 2.45) is 0 Å². The van der Waals surface area contributed by atoms with Crippen LogP contribution in [0.25, 0.3) is 0 Å². The fourth-order valence-corrected chi connectivity index (χ4v) is 1.07. The van der Waals surface area contributed by atoms with Gasteiger partial charge in [-0.1, -0.05) is 0 Å². The Morgan fingerprint density at radius 1 is 1.23 bits per heavy atom. The summed E-state index contributed by atoms with van der Waals surface area (Å²) < 4.78 is 0. The molecule has 0 spiro atoms. The van der Waals surface area contributed by atoms with Crippen molar-refractivity contribution in [3.8, 4) is 0 Å². The summed E-state index contributed by atoms with van der Waals surface area (Å²) in [7, 11) is 1.85. The van der Waals surface area contributed by atoms with Gasteiger partial charge >= 0.3 is 0 Å². The average Bonchev–Trinajstić information content (AvgIpc) is 2.01. The molecule has 0 unspecified atom stereocenters. The van der Waals surface area contributed by atoms with E-state index < -0.39 is 0 Å². The Morgan fingerprint density at radius 3 is 2.38 bits per heavy atom. The van der Waals surface area contributed by atoms with Crippen LogP contribution < -0.4 is 10.6 Å². The summed E-state index contributed by atoms with van der Waals surface area (Å²) in [6.45, 7) is 6.04. The van der Waals surface area contributed by atoms with Gasteiger partial charge in [-0.05, 0) is 20.8 Å². The SMILES string of the molecule is CNc1cc(NC(C)C)nc(C)n1. The predicted octanol–water partition coefficient (Wildman–Crippen LogP) is 1.65. The van der Waals surface area contributed by atoms with Crippen molar-refractivity contribution in [2.75, 3.05) is 17.7 Å². The van der Waals surface area contributed by atoms with Crippen molar-refractivity contribution in [2.45, 2.75) is 26.8 Å². The number of anilines is 2. The molecule has 0 saturated heterocycles. The smallest absolute Gasteiger partial charge is 0.131 e. The van der Waals surface area contributed by atoms with Crippen molar-refractivity contribution in [1.82, 2.24) is 9.97 Å². The van der Waals surface area contributed by atoms with Crippen molar-refractivity contribution in [3.05, 3.63) is 11.9 Å². The molecule has 13 heavy (non-hydrogen) atoms. The summed E-state index contributed by atoms with van der Waals surface area (Å²) >= 11 is 0. The molecule has 1 rings (SSSR count). The molecule has 72 valence electrons. The molecule has 1 heterocycles. The maximum Gasteiger partial charge on any atom is 0.131 e. The van der Waals surface area contributed by atoms with Crippen LogP contribution in [-0.4, -0.2) is 23.1 Å². The Kier molecular flexibility index (Phi) is 3.06. The third-order valence-corrected chi connectivity index (χ3v) is 1.53. The first kappa shape index (κ1) is 9.77. The van der Waals surface area contributed by atoms with E-state index in [-0.39, 0.29) is 0 Å². The molecule has 1 aromatic rings. The molecule has 0 aliphatic rings. The van der Waals surface area contributed by atoms with Gasteiger partial charge in [0.2, 0.25) is 0 Å². The molecule has 0 atom stereocenters. The van der Waals surface area contributed by atoms with Gasteiger partial charge in [-0.2, -0.15) is 0 Å². The highest BCUT2D eigenvalue weighted by Gasteiger charge is 2.00. The quantitative estimate of drug-likeness (QED) is 0.742. The third kappa shape index (κ3) is 2.89. The minimum atomic E-state index is 0.388. The lowest BCUT2D eigenvalue weighted by Gasteiger charge is -2.10. The maximum absolute atomic E-state index is 4.26. The molecular weight excluding hydrogens is 164 g/mol. The summed E-state index contributed by atoms with van der Waals surface area (Å²) in [4.78, 5) is 8.46. The Bertz CT molecular complexity index is 283. The third-order valence-electron chi connectivity index (χ3n) is 1.53. The molecule has 0 saturated carbocycles. The van der Waals surface area contributed by atoms with E-state index in [9.17, 15) is 0 Å². The van der Waals surface area contributed by atoms with Crippen molar-refractivity contribution in [1.29, 1.82) is 0 Å². The van der Waals surface area contributed by atoms with Crippen LogP contribution in [0.1, 0.15) is 19.7 Å². The van der Waals surface area contributed by atoms with Crippen LogP contribution in [0.15, 0.2) is 6.07 Å². The van der Waals surface area contributed by atoms with Gasteiger partial charge in [-0.3, -0.25) is 0 Å². The second kappa shape index (κ2) is 4.07. The van der Waals surface area contributed by atoms with Gasteiger partial charge in [0.15, 0.2) is 0 Å². The van der Waals surface area contributed by atoms with E-state index in [0.29, 0.717) is 6.04 Å². The lowest BCUT2D eigenvalue weighted by atomic mass is 10.4. The minimum Gasteiger partial charge on any atom is -0.373 e. The molecule has 2 N–H and O–H groups in total. The summed E-state index contributed by atoms with van der Waals surface area (Å²) in [5.74, 6) is 2.48. The molecule has 0 fully saturated rings. The fourth-order valence-electron chi connectivity index (χ4n) is 1.07. The first-order chi connectivity index (χ1) is 6.11. The Hall–Kier alpha value is -1.32. The summed E-state index contributed by atoms with van der Waals surface area (Å²) in [6, 6.07) is 2.28. The van der Waals surface area contributed by atoms with Crippen LogP contribution in [0.3, 0.4) is 0 Å². The zero-order valence-electron chi connectivity index (χ0n) is 8.55. The number of nitrogens with zero attached hydrogens (tertiary/aromatic N) is 2. The van der Waals surface area contributed by atoms with Gasteiger partial charge < -0.3 is 10.6 Å². The Morgan fingerprint density at radius 2 is 1.85 bits per heavy atom. The van der Waals surface area contributed by atoms with Gasteiger partial charge in [0, 0.05) is 19.2 Å². The molecule has 0 aromatic carbocycles. The lowest BCUT2D eigenvalue weighted by Crippen LogP contribution is -2.12. The number of hydrogen-bond acceptors (Lipinski definition) is 4. The van der Waals surface area contributed by atoms with Crippen LogP contribution in [0.2, 0.25) is 0 Å². The van der Waals surface area contributed by atoms with E-state index >= 15 is 0 Å². The van der Waals surface area contributed by atoms with Crippen LogP contribution in [-0.2, 0) is 0 Å². The van der Waals surface area contributed by atoms with Crippen molar-refractivity contribution >= 4 is 11.6 Å². The number of rotatable bonds is 3. The van der Waals surface area contributed by atoms with E-state index in [2.05, 4.69) is 34.4 Å². The van der Waals surface area contributed by atoms with Gasteiger partial charge in [0.1, 0.15) is 17.5 Å². The van der Waals surface area contributed by atoms with E-state index in [4.69, 9.17) is 0 Å². The Balaban J connectivity index is 2.88. The molecule has 4 nitrogen and oxygen atoms in total. The minimum absolute atomic E-state index is 0.388. The van der Waals surface area contributed by atoms with Crippen LogP contribution in [0.4, 0.5) is 11.6 Å².